The summed E-state index contributed by atoms with van der Waals surface area (Å²) in [6.07, 6.45) is 5.55. The van der Waals surface area contributed by atoms with E-state index in [-0.39, 0.29) is 5.75 Å². The largest absolute Gasteiger partial charge is 0.507 e. The van der Waals surface area contributed by atoms with Gasteiger partial charge in [0.15, 0.2) is 0 Å². The Bertz CT molecular complexity index is 499. The van der Waals surface area contributed by atoms with Crippen LogP contribution in [-0.2, 0) is 13.1 Å². The molecule has 1 aromatic carbocycles. The van der Waals surface area contributed by atoms with Gasteiger partial charge >= 0.3 is 0 Å². The van der Waals surface area contributed by atoms with Crippen molar-refractivity contribution in [3.63, 3.8) is 0 Å². The minimum Gasteiger partial charge on any atom is -0.507 e. The molecule has 0 saturated heterocycles. The number of nitrogens with zero attached hydrogens (tertiary/aromatic N) is 2. The molecule has 2 N–H and O–H groups in total. The third kappa shape index (κ3) is 3.58. The number of rotatable bonds is 5. The van der Waals surface area contributed by atoms with Crippen molar-refractivity contribution in [3.8, 4) is 5.75 Å². The van der Waals surface area contributed by atoms with Crippen LogP contribution in [0.15, 0.2) is 41.4 Å². The molecule has 0 radical (unpaired) electrons. The van der Waals surface area contributed by atoms with Gasteiger partial charge in [0, 0.05) is 31.5 Å². The van der Waals surface area contributed by atoms with E-state index in [9.17, 15) is 5.11 Å². The van der Waals surface area contributed by atoms with Crippen LogP contribution < -0.4 is 5.32 Å². The summed E-state index contributed by atoms with van der Waals surface area (Å²) < 4.78 is 2.77. The number of benzene rings is 1. The molecule has 5 heteroatoms. The second-order valence-corrected chi connectivity index (χ2v) is 5.18. The Morgan fingerprint density at radius 2 is 2.33 bits per heavy atom. The predicted molar refractivity (Wildman–Crippen MR) is 74.3 cm³/mol. The summed E-state index contributed by atoms with van der Waals surface area (Å²) >= 11 is 3.31. The third-order valence-corrected chi connectivity index (χ3v) is 3.35. The molecule has 18 heavy (non-hydrogen) atoms. The van der Waals surface area contributed by atoms with Crippen molar-refractivity contribution < 1.29 is 5.11 Å². The molecule has 96 valence electrons. The van der Waals surface area contributed by atoms with Crippen LogP contribution in [0.5, 0.6) is 5.75 Å². The van der Waals surface area contributed by atoms with Crippen LogP contribution >= 0.6 is 15.9 Å². The van der Waals surface area contributed by atoms with E-state index in [0.717, 1.165) is 23.1 Å². The molecule has 4 nitrogen and oxygen atoms in total. The van der Waals surface area contributed by atoms with Gasteiger partial charge in [0.25, 0.3) is 0 Å². The predicted octanol–water partition coefficient (Wildman–Crippen LogP) is 2.53. The molecule has 0 aliphatic carbocycles. The van der Waals surface area contributed by atoms with E-state index in [0.29, 0.717) is 6.04 Å². The lowest BCUT2D eigenvalue weighted by atomic mass is 10.2. The first kappa shape index (κ1) is 13.1. The van der Waals surface area contributed by atoms with Gasteiger partial charge in [-0.2, -0.15) is 0 Å². The van der Waals surface area contributed by atoms with Crippen molar-refractivity contribution in [2.24, 2.45) is 0 Å². The molecule has 0 fully saturated rings. The molecule has 0 amide bonds. The zero-order chi connectivity index (χ0) is 13.0. The van der Waals surface area contributed by atoms with Gasteiger partial charge in [-0.15, -0.1) is 0 Å². The van der Waals surface area contributed by atoms with Gasteiger partial charge in [-0.3, -0.25) is 0 Å². The van der Waals surface area contributed by atoms with E-state index in [1.807, 2.05) is 29.2 Å². The Kier molecular flexibility index (Phi) is 4.38. The number of hydrogen-bond donors (Lipinski definition) is 2. The van der Waals surface area contributed by atoms with Crippen molar-refractivity contribution in [3.05, 3.63) is 47.0 Å². The van der Waals surface area contributed by atoms with Crippen molar-refractivity contribution in [1.82, 2.24) is 14.9 Å². The first-order valence-corrected chi connectivity index (χ1v) is 6.61. The standard InChI is InChI=1S/C13H16BrN3O/c1-10(8-17-5-4-15-9-17)16-7-11-2-3-13(18)12(14)6-11/h2-6,9-10,16,18H,7-8H2,1H3. The Balaban J connectivity index is 1.85. The topological polar surface area (TPSA) is 50.1 Å². The zero-order valence-electron chi connectivity index (χ0n) is 10.2. The smallest absolute Gasteiger partial charge is 0.129 e. The summed E-state index contributed by atoms with van der Waals surface area (Å²) in [5.41, 5.74) is 1.14. The molecule has 0 saturated carbocycles. The number of aromatic nitrogens is 2. The fourth-order valence-corrected chi connectivity index (χ4v) is 2.15. The lowest BCUT2D eigenvalue weighted by Gasteiger charge is -2.14. The van der Waals surface area contributed by atoms with Gasteiger partial charge in [-0.25, -0.2) is 4.98 Å². The van der Waals surface area contributed by atoms with Gasteiger partial charge in [0.2, 0.25) is 0 Å². The minimum atomic E-state index is 0.269. The fourth-order valence-electron chi connectivity index (χ4n) is 1.73. The monoisotopic (exact) mass is 309 g/mol. The average Bonchev–Trinajstić information content (AvgIpc) is 2.83. The molecule has 1 unspecified atom stereocenters. The molecule has 1 aromatic heterocycles. The van der Waals surface area contributed by atoms with Gasteiger partial charge < -0.3 is 15.0 Å². The van der Waals surface area contributed by atoms with Gasteiger partial charge in [-0.05, 0) is 40.5 Å². The summed E-state index contributed by atoms with van der Waals surface area (Å²) in [6, 6.07) is 5.89. The summed E-state index contributed by atoms with van der Waals surface area (Å²) in [7, 11) is 0. The third-order valence-electron chi connectivity index (χ3n) is 2.71. The lowest BCUT2D eigenvalue weighted by molar-refractivity contribution is 0.468. The summed E-state index contributed by atoms with van der Waals surface area (Å²) in [5, 5.41) is 12.8. The Morgan fingerprint density at radius 3 is 3.00 bits per heavy atom. The highest BCUT2D eigenvalue weighted by Crippen LogP contribution is 2.24. The molecule has 0 bridgehead atoms. The molecule has 2 aromatic rings. The molecule has 0 aliphatic rings. The maximum atomic E-state index is 9.41. The highest BCUT2D eigenvalue weighted by molar-refractivity contribution is 9.10. The van der Waals surface area contributed by atoms with Gasteiger partial charge in [0.1, 0.15) is 5.75 Å². The SMILES string of the molecule is CC(Cn1ccnc1)NCc1ccc(O)c(Br)c1. The van der Waals surface area contributed by atoms with Crippen molar-refractivity contribution in [1.29, 1.82) is 0 Å². The van der Waals surface area contributed by atoms with Crippen LogP contribution in [0.1, 0.15) is 12.5 Å². The van der Waals surface area contributed by atoms with E-state index >= 15 is 0 Å². The fraction of sp³-hybridized carbons (Fsp3) is 0.308. The maximum Gasteiger partial charge on any atom is 0.129 e. The Hall–Kier alpha value is -1.33. The lowest BCUT2D eigenvalue weighted by Crippen LogP contribution is -2.29. The highest BCUT2D eigenvalue weighted by atomic mass is 79.9. The van der Waals surface area contributed by atoms with Crippen molar-refractivity contribution >= 4 is 15.9 Å². The van der Waals surface area contributed by atoms with E-state index in [4.69, 9.17) is 0 Å². The second kappa shape index (κ2) is 6.02. The van der Waals surface area contributed by atoms with Crippen LogP contribution in [0, 0.1) is 0 Å². The molecule has 1 heterocycles. The number of phenols is 1. The number of aromatic hydroxyl groups is 1. The van der Waals surface area contributed by atoms with Crippen LogP contribution in [-0.4, -0.2) is 20.7 Å². The number of phenolic OH excluding ortho intramolecular Hbond substituents is 1. The Labute approximate surface area is 115 Å². The van der Waals surface area contributed by atoms with Crippen molar-refractivity contribution in [2.45, 2.75) is 26.1 Å². The van der Waals surface area contributed by atoms with Crippen LogP contribution in [0.2, 0.25) is 0 Å². The Morgan fingerprint density at radius 1 is 1.50 bits per heavy atom. The summed E-state index contributed by atoms with van der Waals surface area (Å²) in [4.78, 5) is 4.02. The summed E-state index contributed by atoms with van der Waals surface area (Å²) in [6.45, 7) is 3.80. The second-order valence-electron chi connectivity index (χ2n) is 4.33. The van der Waals surface area contributed by atoms with E-state index in [2.05, 4.69) is 33.2 Å². The molecule has 2 rings (SSSR count). The van der Waals surface area contributed by atoms with Gasteiger partial charge in [-0.1, -0.05) is 6.07 Å². The minimum absolute atomic E-state index is 0.269. The van der Waals surface area contributed by atoms with E-state index in [1.54, 1.807) is 12.3 Å². The molecule has 1 atom stereocenters. The molecular formula is C13H16BrN3O. The van der Waals surface area contributed by atoms with Gasteiger partial charge in [0.05, 0.1) is 10.8 Å². The molecule has 0 spiro atoms. The van der Waals surface area contributed by atoms with Crippen molar-refractivity contribution in [2.75, 3.05) is 0 Å². The number of nitrogens with one attached hydrogen (secondary N) is 1. The number of halogens is 1. The first-order chi connectivity index (χ1) is 8.65. The summed E-state index contributed by atoms with van der Waals surface area (Å²) in [5.74, 6) is 0.269. The highest BCUT2D eigenvalue weighted by Gasteiger charge is 2.04. The normalized spacial score (nSPS) is 12.6. The first-order valence-electron chi connectivity index (χ1n) is 5.81. The zero-order valence-corrected chi connectivity index (χ0v) is 11.8. The van der Waals surface area contributed by atoms with Crippen LogP contribution in [0.3, 0.4) is 0 Å². The maximum absolute atomic E-state index is 9.41. The molecular weight excluding hydrogens is 294 g/mol. The van der Waals surface area contributed by atoms with E-state index in [1.165, 1.54) is 0 Å². The number of imidazole rings is 1. The average molecular weight is 310 g/mol. The van der Waals surface area contributed by atoms with Crippen LogP contribution in [0.4, 0.5) is 0 Å². The van der Waals surface area contributed by atoms with E-state index < -0.39 is 0 Å². The number of hydrogen-bond acceptors (Lipinski definition) is 3. The molecule has 0 aliphatic heterocycles. The quantitative estimate of drug-likeness (QED) is 0.892. The van der Waals surface area contributed by atoms with Crippen LogP contribution in [0.25, 0.3) is 0 Å².